The van der Waals surface area contributed by atoms with Crippen molar-refractivity contribution in [1.29, 1.82) is 0 Å². The number of hydrogen-bond donors (Lipinski definition) is 0. The highest BCUT2D eigenvalue weighted by Gasteiger charge is 2.10. The quantitative estimate of drug-likeness (QED) is 0.435. The van der Waals surface area contributed by atoms with Gasteiger partial charge in [0.1, 0.15) is 0 Å². The van der Waals surface area contributed by atoms with Crippen molar-refractivity contribution in [3.63, 3.8) is 0 Å². The molecule has 0 bridgehead atoms. The van der Waals surface area contributed by atoms with Gasteiger partial charge in [-0.15, -0.1) is 12.3 Å². The van der Waals surface area contributed by atoms with Gasteiger partial charge in [0.15, 0.2) is 0 Å². The molecule has 10 heavy (non-hydrogen) atoms. The average Bonchev–Trinajstić information content (AvgIpc) is 1.98. The summed E-state index contributed by atoms with van der Waals surface area (Å²) in [6.45, 7) is 1.81. The summed E-state index contributed by atoms with van der Waals surface area (Å²) in [4.78, 5) is 10.7. The molecule has 2 heteroatoms. The van der Waals surface area contributed by atoms with Gasteiger partial charge in [-0.1, -0.05) is 6.92 Å². The van der Waals surface area contributed by atoms with E-state index in [1.165, 1.54) is 7.11 Å². The maximum absolute atomic E-state index is 10.7. The minimum Gasteiger partial charge on any atom is -0.469 e. The van der Waals surface area contributed by atoms with Crippen LogP contribution in [0.2, 0.25) is 0 Å². The Balaban J connectivity index is 3.53. The van der Waals surface area contributed by atoms with Crippen LogP contribution in [0.3, 0.4) is 0 Å². The van der Waals surface area contributed by atoms with Crippen LogP contribution in [0.5, 0.6) is 0 Å². The van der Waals surface area contributed by atoms with E-state index in [1.807, 2.05) is 6.92 Å². The predicted octanol–water partition coefficient (Wildman–Crippen LogP) is 1.21. The number of carbonyl (C=O) groups excluding carboxylic acids is 1. The van der Waals surface area contributed by atoms with Crippen molar-refractivity contribution in [2.24, 2.45) is 5.92 Å². The van der Waals surface area contributed by atoms with Crippen molar-refractivity contribution >= 4 is 5.97 Å². The highest BCUT2D eigenvalue weighted by atomic mass is 16.5. The molecular weight excluding hydrogens is 128 g/mol. The zero-order valence-corrected chi connectivity index (χ0v) is 6.39. The predicted molar refractivity (Wildman–Crippen MR) is 39.2 cm³/mol. The van der Waals surface area contributed by atoms with Crippen molar-refractivity contribution in [2.45, 2.75) is 19.8 Å². The standard InChI is InChI=1S/C8H12O2/c1-4-5-6-7(2)8(9)10-3/h1,7H,5-6H2,2-3H3. The Morgan fingerprint density at radius 2 is 2.40 bits per heavy atom. The Morgan fingerprint density at radius 3 is 2.80 bits per heavy atom. The fourth-order valence-electron chi connectivity index (χ4n) is 0.619. The zero-order valence-electron chi connectivity index (χ0n) is 6.39. The van der Waals surface area contributed by atoms with E-state index in [0.29, 0.717) is 12.8 Å². The molecule has 0 aromatic carbocycles. The van der Waals surface area contributed by atoms with Gasteiger partial charge in [-0.2, -0.15) is 0 Å². The molecule has 0 saturated carbocycles. The third kappa shape index (κ3) is 3.13. The first-order chi connectivity index (χ1) is 4.72. The zero-order chi connectivity index (χ0) is 7.98. The summed E-state index contributed by atoms with van der Waals surface area (Å²) in [5.74, 6) is 2.22. The third-order valence-electron chi connectivity index (χ3n) is 1.33. The van der Waals surface area contributed by atoms with Crippen LogP contribution in [-0.4, -0.2) is 13.1 Å². The Bertz CT molecular complexity index is 144. The average molecular weight is 140 g/mol. The van der Waals surface area contributed by atoms with Crippen LogP contribution in [0.1, 0.15) is 19.8 Å². The van der Waals surface area contributed by atoms with E-state index in [2.05, 4.69) is 10.7 Å². The van der Waals surface area contributed by atoms with Crippen LogP contribution in [0.4, 0.5) is 0 Å². The lowest BCUT2D eigenvalue weighted by atomic mass is 10.1. The van der Waals surface area contributed by atoms with E-state index in [0.717, 1.165) is 0 Å². The number of ether oxygens (including phenoxy) is 1. The van der Waals surface area contributed by atoms with E-state index >= 15 is 0 Å². The van der Waals surface area contributed by atoms with Gasteiger partial charge < -0.3 is 4.74 Å². The molecule has 0 amide bonds. The molecule has 2 nitrogen and oxygen atoms in total. The van der Waals surface area contributed by atoms with Crippen molar-refractivity contribution in [3.8, 4) is 12.3 Å². The molecular formula is C8H12O2. The molecule has 1 atom stereocenters. The molecule has 1 unspecified atom stereocenters. The SMILES string of the molecule is C#CCCC(C)C(=O)OC. The van der Waals surface area contributed by atoms with Gasteiger partial charge in [0.05, 0.1) is 13.0 Å². The van der Waals surface area contributed by atoms with Crippen LogP contribution in [0, 0.1) is 18.3 Å². The Labute approximate surface area is 61.6 Å². The molecule has 0 fully saturated rings. The molecule has 0 N–H and O–H groups in total. The lowest BCUT2D eigenvalue weighted by Gasteiger charge is -2.04. The molecule has 0 rings (SSSR count). The van der Waals surface area contributed by atoms with Gasteiger partial charge in [0.25, 0.3) is 0 Å². The molecule has 0 heterocycles. The fraction of sp³-hybridized carbons (Fsp3) is 0.625. The van der Waals surface area contributed by atoms with Gasteiger partial charge in [-0.3, -0.25) is 4.79 Å². The summed E-state index contributed by atoms with van der Waals surface area (Å²) in [6.07, 6.45) is 6.36. The van der Waals surface area contributed by atoms with E-state index in [1.54, 1.807) is 0 Å². The van der Waals surface area contributed by atoms with Gasteiger partial charge in [-0.25, -0.2) is 0 Å². The first kappa shape index (κ1) is 9.03. The summed E-state index contributed by atoms with van der Waals surface area (Å²) in [5, 5.41) is 0. The summed E-state index contributed by atoms with van der Waals surface area (Å²) < 4.78 is 4.50. The van der Waals surface area contributed by atoms with Gasteiger partial charge in [-0.05, 0) is 6.42 Å². The first-order valence-electron chi connectivity index (χ1n) is 3.23. The maximum atomic E-state index is 10.7. The van der Waals surface area contributed by atoms with Crippen LogP contribution < -0.4 is 0 Å². The number of terminal acetylenes is 1. The van der Waals surface area contributed by atoms with Gasteiger partial charge in [0.2, 0.25) is 0 Å². The van der Waals surface area contributed by atoms with Gasteiger partial charge in [0, 0.05) is 6.42 Å². The van der Waals surface area contributed by atoms with Crippen molar-refractivity contribution in [1.82, 2.24) is 0 Å². The second-order valence-electron chi connectivity index (χ2n) is 2.17. The number of rotatable bonds is 3. The Hall–Kier alpha value is -0.970. The third-order valence-corrected chi connectivity index (χ3v) is 1.33. The molecule has 0 aliphatic heterocycles. The van der Waals surface area contributed by atoms with Crippen LogP contribution in [0.25, 0.3) is 0 Å². The topological polar surface area (TPSA) is 26.3 Å². The van der Waals surface area contributed by atoms with Crippen LogP contribution in [-0.2, 0) is 9.53 Å². The highest BCUT2D eigenvalue weighted by Crippen LogP contribution is 2.05. The van der Waals surface area contributed by atoms with Crippen LogP contribution >= 0.6 is 0 Å². The molecule has 0 aliphatic rings. The summed E-state index contributed by atoms with van der Waals surface area (Å²) in [7, 11) is 1.38. The smallest absolute Gasteiger partial charge is 0.308 e. The molecule has 0 radical (unpaired) electrons. The van der Waals surface area contributed by atoms with E-state index in [-0.39, 0.29) is 11.9 Å². The van der Waals surface area contributed by atoms with Crippen LogP contribution in [0.15, 0.2) is 0 Å². The lowest BCUT2D eigenvalue weighted by Crippen LogP contribution is -2.11. The fourth-order valence-corrected chi connectivity index (χ4v) is 0.619. The van der Waals surface area contributed by atoms with E-state index in [9.17, 15) is 4.79 Å². The molecule has 0 aromatic heterocycles. The second-order valence-corrected chi connectivity index (χ2v) is 2.17. The second kappa shape index (κ2) is 4.87. The van der Waals surface area contributed by atoms with Gasteiger partial charge >= 0.3 is 5.97 Å². The highest BCUT2D eigenvalue weighted by molar-refractivity contribution is 5.71. The minimum atomic E-state index is -0.185. The minimum absolute atomic E-state index is 0.0685. The van der Waals surface area contributed by atoms with E-state index in [4.69, 9.17) is 6.42 Å². The number of hydrogen-bond acceptors (Lipinski definition) is 2. The number of methoxy groups -OCH3 is 1. The number of esters is 1. The lowest BCUT2D eigenvalue weighted by molar-refractivity contribution is -0.144. The van der Waals surface area contributed by atoms with Crippen molar-refractivity contribution < 1.29 is 9.53 Å². The normalized spacial score (nSPS) is 11.7. The monoisotopic (exact) mass is 140 g/mol. The maximum Gasteiger partial charge on any atom is 0.308 e. The molecule has 0 aromatic rings. The summed E-state index contributed by atoms with van der Waals surface area (Å²) >= 11 is 0. The van der Waals surface area contributed by atoms with Crippen molar-refractivity contribution in [2.75, 3.05) is 7.11 Å². The molecule has 0 saturated heterocycles. The Morgan fingerprint density at radius 1 is 1.80 bits per heavy atom. The molecule has 0 spiro atoms. The molecule has 56 valence electrons. The van der Waals surface area contributed by atoms with Crippen molar-refractivity contribution in [3.05, 3.63) is 0 Å². The largest absolute Gasteiger partial charge is 0.469 e. The van der Waals surface area contributed by atoms with E-state index < -0.39 is 0 Å². The number of carbonyl (C=O) groups is 1. The Kier molecular flexibility index (Phi) is 4.39. The summed E-state index contributed by atoms with van der Waals surface area (Å²) in [6, 6.07) is 0. The molecule has 0 aliphatic carbocycles. The first-order valence-corrected chi connectivity index (χ1v) is 3.23. The summed E-state index contributed by atoms with van der Waals surface area (Å²) in [5.41, 5.74) is 0.